The van der Waals surface area contributed by atoms with Crippen LogP contribution in [0.5, 0.6) is 5.75 Å². The van der Waals surface area contributed by atoms with Crippen LogP contribution in [-0.2, 0) is 33.7 Å². The molecule has 0 spiro atoms. The highest BCUT2D eigenvalue weighted by atomic mass is 32.1. The molecule has 3 rings (SSSR count). The second-order valence-corrected chi connectivity index (χ2v) is 7.94. The van der Waals surface area contributed by atoms with Gasteiger partial charge in [-0.1, -0.05) is 12.1 Å². The van der Waals surface area contributed by atoms with Crippen molar-refractivity contribution in [2.75, 3.05) is 25.6 Å². The zero-order valence-electron chi connectivity index (χ0n) is 16.8. The van der Waals surface area contributed by atoms with E-state index in [1.54, 1.807) is 7.11 Å². The van der Waals surface area contributed by atoms with Crippen LogP contribution in [0.1, 0.15) is 28.0 Å². The van der Waals surface area contributed by atoms with Crippen molar-refractivity contribution in [1.82, 2.24) is 4.90 Å². The van der Waals surface area contributed by atoms with Crippen LogP contribution in [0.2, 0.25) is 0 Å². The minimum absolute atomic E-state index is 0.201. The summed E-state index contributed by atoms with van der Waals surface area (Å²) in [5.41, 5.74) is 2.18. The molecule has 2 amide bonds. The van der Waals surface area contributed by atoms with Gasteiger partial charge in [0, 0.05) is 17.8 Å². The maximum Gasteiger partial charge on any atom is 0.410 e. The summed E-state index contributed by atoms with van der Waals surface area (Å²) in [6, 6.07) is 9.63. The molecule has 9 nitrogen and oxygen atoms in total. The number of nitrogens with zero attached hydrogens (tertiary/aromatic N) is 2. The molecule has 10 heteroatoms. The van der Waals surface area contributed by atoms with Gasteiger partial charge in [-0.15, -0.1) is 11.3 Å². The van der Waals surface area contributed by atoms with Crippen LogP contribution in [0.15, 0.2) is 24.3 Å². The van der Waals surface area contributed by atoms with Gasteiger partial charge in [0.15, 0.2) is 6.61 Å². The summed E-state index contributed by atoms with van der Waals surface area (Å²) in [5.74, 6) is -0.717. The van der Waals surface area contributed by atoms with Crippen molar-refractivity contribution in [2.24, 2.45) is 0 Å². The maximum absolute atomic E-state index is 12.5. The fourth-order valence-corrected chi connectivity index (χ4v) is 4.49. The normalized spacial score (nSPS) is 12.5. The van der Waals surface area contributed by atoms with Gasteiger partial charge in [-0.05, 0) is 36.1 Å². The molecular weight excluding hydrogens is 422 g/mol. The number of carboxylic acids is 1. The lowest BCUT2D eigenvalue weighted by atomic mass is 10.0. The molecule has 162 valence electrons. The summed E-state index contributed by atoms with van der Waals surface area (Å²) < 4.78 is 9.91. The SMILES string of the molecule is COc1cccc(CCC(=O)Nc2sc3c(c2C#N)CCN(C(=O)OCC(=O)O)C3)c1. The van der Waals surface area contributed by atoms with E-state index in [1.165, 1.54) is 16.2 Å². The number of aliphatic carboxylic acids is 1. The Morgan fingerprint density at radius 1 is 1.35 bits per heavy atom. The monoisotopic (exact) mass is 443 g/mol. The average molecular weight is 443 g/mol. The molecule has 0 saturated carbocycles. The number of carboxylic acid groups (broad SMARTS) is 1. The lowest BCUT2D eigenvalue weighted by Crippen LogP contribution is -2.36. The number of ether oxygens (including phenoxy) is 2. The van der Waals surface area contributed by atoms with Crippen LogP contribution in [-0.4, -0.2) is 48.2 Å². The van der Waals surface area contributed by atoms with Gasteiger partial charge in [0.25, 0.3) is 0 Å². The summed E-state index contributed by atoms with van der Waals surface area (Å²) in [5, 5.41) is 21.5. The number of methoxy groups -OCH3 is 1. The summed E-state index contributed by atoms with van der Waals surface area (Å²) >= 11 is 1.25. The second kappa shape index (κ2) is 9.95. The van der Waals surface area contributed by atoms with Crippen molar-refractivity contribution >= 4 is 34.3 Å². The number of carbonyl (C=O) groups excluding carboxylic acids is 2. The number of nitriles is 1. The number of thiophene rings is 1. The van der Waals surface area contributed by atoms with E-state index in [1.807, 2.05) is 24.3 Å². The number of anilines is 1. The topological polar surface area (TPSA) is 129 Å². The zero-order chi connectivity index (χ0) is 22.4. The Balaban J connectivity index is 1.64. The highest BCUT2D eigenvalue weighted by Crippen LogP contribution is 2.37. The Morgan fingerprint density at radius 3 is 2.87 bits per heavy atom. The quantitative estimate of drug-likeness (QED) is 0.673. The molecule has 2 aromatic rings. The van der Waals surface area contributed by atoms with Crippen molar-refractivity contribution < 1.29 is 29.0 Å². The van der Waals surface area contributed by atoms with Crippen LogP contribution in [0.4, 0.5) is 9.80 Å². The molecule has 0 atom stereocenters. The van der Waals surface area contributed by atoms with E-state index in [-0.39, 0.29) is 18.9 Å². The van der Waals surface area contributed by atoms with E-state index in [0.717, 1.165) is 21.8 Å². The fourth-order valence-electron chi connectivity index (χ4n) is 3.26. The molecule has 1 aromatic carbocycles. The largest absolute Gasteiger partial charge is 0.497 e. The number of fused-ring (bicyclic) bond motifs is 1. The number of carbonyl (C=O) groups is 3. The second-order valence-electron chi connectivity index (χ2n) is 6.84. The molecule has 0 saturated heterocycles. The molecule has 1 aliphatic rings. The molecule has 0 fully saturated rings. The van der Waals surface area contributed by atoms with Crippen molar-refractivity contribution in [3.63, 3.8) is 0 Å². The molecule has 1 aliphatic heterocycles. The number of amides is 2. The number of hydrogen-bond donors (Lipinski definition) is 2. The van der Waals surface area contributed by atoms with Gasteiger partial charge in [-0.2, -0.15) is 5.26 Å². The van der Waals surface area contributed by atoms with E-state index in [2.05, 4.69) is 11.4 Å². The van der Waals surface area contributed by atoms with E-state index in [4.69, 9.17) is 14.6 Å². The first kappa shape index (κ1) is 22.1. The number of aryl methyl sites for hydroxylation is 1. The van der Waals surface area contributed by atoms with Crippen LogP contribution in [0, 0.1) is 11.3 Å². The van der Waals surface area contributed by atoms with Gasteiger partial charge in [-0.3, -0.25) is 4.79 Å². The third-order valence-electron chi connectivity index (χ3n) is 4.77. The van der Waals surface area contributed by atoms with Crippen molar-refractivity contribution in [2.45, 2.75) is 25.8 Å². The molecular formula is C21H21N3O6S. The number of nitrogens with one attached hydrogen (secondary N) is 1. The van der Waals surface area contributed by atoms with Gasteiger partial charge in [0.1, 0.15) is 16.8 Å². The Kier molecular flexibility index (Phi) is 7.10. The molecule has 31 heavy (non-hydrogen) atoms. The van der Waals surface area contributed by atoms with Gasteiger partial charge in [0.2, 0.25) is 5.91 Å². The molecule has 0 aliphatic carbocycles. The Hall–Kier alpha value is -3.58. The summed E-state index contributed by atoms with van der Waals surface area (Å²) in [6.07, 6.45) is 0.480. The lowest BCUT2D eigenvalue weighted by Gasteiger charge is -2.25. The zero-order valence-corrected chi connectivity index (χ0v) is 17.7. The number of rotatable bonds is 7. The summed E-state index contributed by atoms with van der Waals surface area (Å²) in [4.78, 5) is 37.2. The fraction of sp³-hybridized carbons (Fsp3) is 0.333. The first-order valence-electron chi connectivity index (χ1n) is 9.52. The molecule has 2 N–H and O–H groups in total. The average Bonchev–Trinajstić information content (AvgIpc) is 3.12. The minimum Gasteiger partial charge on any atom is -0.497 e. The van der Waals surface area contributed by atoms with Crippen molar-refractivity contribution in [1.29, 1.82) is 5.26 Å². The predicted molar refractivity (Wildman–Crippen MR) is 112 cm³/mol. The standard InChI is InChI=1S/C21H21N3O6S/c1-29-14-4-2-3-13(9-14)5-6-18(25)23-20-16(10-22)15-7-8-24(11-17(15)31-20)21(28)30-12-19(26)27/h2-4,9H,5-8,11-12H2,1H3,(H,23,25)(H,26,27). The van der Waals surface area contributed by atoms with Crippen LogP contribution >= 0.6 is 11.3 Å². The Morgan fingerprint density at radius 2 is 2.16 bits per heavy atom. The van der Waals surface area contributed by atoms with Gasteiger partial charge in [0.05, 0.1) is 19.2 Å². The summed E-state index contributed by atoms with van der Waals surface area (Å²) in [6.45, 7) is -0.197. The maximum atomic E-state index is 12.5. The Bertz CT molecular complexity index is 1040. The van der Waals surface area contributed by atoms with Gasteiger partial charge >= 0.3 is 12.1 Å². The van der Waals surface area contributed by atoms with Crippen LogP contribution in [0.3, 0.4) is 0 Å². The molecule has 0 radical (unpaired) electrons. The highest BCUT2D eigenvalue weighted by molar-refractivity contribution is 7.16. The number of hydrogen-bond acceptors (Lipinski definition) is 7. The summed E-state index contributed by atoms with van der Waals surface area (Å²) in [7, 11) is 1.58. The van der Waals surface area contributed by atoms with Crippen LogP contribution in [0.25, 0.3) is 0 Å². The molecule has 0 bridgehead atoms. The third-order valence-corrected chi connectivity index (χ3v) is 5.91. The third kappa shape index (κ3) is 5.52. The first-order valence-corrected chi connectivity index (χ1v) is 10.3. The molecule has 1 aromatic heterocycles. The highest BCUT2D eigenvalue weighted by Gasteiger charge is 2.28. The van der Waals surface area contributed by atoms with Gasteiger partial charge < -0.3 is 24.8 Å². The first-order chi connectivity index (χ1) is 14.9. The Labute approximate surface area is 182 Å². The van der Waals surface area contributed by atoms with E-state index in [0.29, 0.717) is 30.0 Å². The van der Waals surface area contributed by atoms with Gasteiger partial charge in [-0.25, -0.2) is 9.59 Å². The minimum atomic E-state index is -1.23. The van der Waals surface area contributed by atoms with Crippen molar-refractivity contribution in [3.05, 3.63) is 45.8 Å². The predicted octanol–water partition coefficient (Wildman–Crippen LogP) is 2.78. The van der Waals surface area contributed by atoms with Crippen LogP contribution < -0.4 is 10.1 Å². The van der Waals surface area contributed by atoms with E-state index in [9.17, 15) is 19.6 Å². The number of benzene rings is 1. The van der Waals surface area contributed by atoms with E-state index < -0.39 is 18.7 Å². The molecule has 2 heterocycles. The lowest BCUT2D eigenvalue weighted by molar-refractivity contribution is -0.140. The van der Waals surface area contributed by atoms with E-state index >= 15 is 0 Å². The van der Waals surface area contributed by atoms with Crippen molar-refractivity contribution in [3.8, 4) is 11.8 Å². The smallest absolute Gasteiger partial charge is 0.410 e. The molecule has 0 unspecified atom stereocenters.